The van der Waals surface area contributed by atoms with E-state index in [9.17, 15) is 0 Å². The van der Waals surface area contributed by atoms with E-state index in [1.54, 1.807) is 0 Å². The van der Waals surface area contributed by atoms with Gasteiger partial charge in [-0.05, 0) is 37.5 Å². The molecule has 0 fully saturated rings. The first kappa shape index (κ1) is 11.1. The Labute approximate surface area is 85.5 Å². The van der Waals surface area contributed by atoms with Crippen LogP contribution >= 0.6 is 0 Å². The van der Waals surface area contributed by atoms with Crippen molar-refractivity contribution in [2.24, 2.45) is 0 Å². The fourth-order valence-corrected chi connectivity index (χ4v) is 1.23. The van der Waals surface area contributed by atoms with Gasteiger partial charge in [0, 0.05) is 6.61 Å². The van der Waals surface area contributed by atoms with Gasteiger partial charge in [-0.1, -0.05) is 18.6 Å². The number of hydrogen-bond donors (Lipinski definition) is 1. The Kier molecular flexibility index (Phi) is 5.84. The Morgan fingerprint density at radius 3 is 2.50 bits per heavy atom. The van der Waals surface area contributed by atoms with E-state index in [1.165, 1.54) is 0 Å². The van der Waals surface area contributed by atoms with Crippen LogP contribution in [0, 0.1) is 6.07 Å². The lowest BCUT2D eigenvalue weighted by atomic mass is 10.2. The topological polar surface area (TPSA) is 29.5 Å². The van der Waals surface area contributed by atoms with Crippen molar-refractivity contribution in [2.45, 2.75) is 25.7 Å². The molecular formula is C12H17O2. The molecule has 0 atom stereocenters. The monoisotopic (exact) mass is 193 g/mol. The Bertz CT molecular complexity index is 221. The predicted octanol–water partition coefficient (Wildman–Crippen LogP) is 2.42. The molecule has 0 aliphatic heterocycles. The van der Waals surface area contributed by atoms with Crippen LogP contribution in [-0.2, 0) is 0 Å². The van der Waals surface area contributed by atoms with Gasteiger partial charge in [0.25, 0.3) is 0 Å². The maximum Gasteiger partial charge on any atom is 0.119 e. The van der Waals surface area contributed by atoms with Crippen molar-refractivity contribution in [1.82, 2.24) is 0 Å². The minimum Gasteiger partial charge on any atom is -0.494 e. The second-order valence-electron chi connectivity index (χ2n) is 3.22. The third-order valence-electron chi connectivity index (χ3n) is 2.01. The summed E-state index contributed by atoms with van der Waals surface area (Å²) in [4.78, 5) is 0. The van der Waals surface area contributed by atoms with Crippen LogP contribution in [-0.4, -0.2) is 18.3 Å². The van der Waals surface area contributed by atoms with Crippen molar-refractivity contribution in [3.05, 3.63) is 30.3 Å². The molecule has 1 rings (SSSR count). The first-order valence-electron chi connectivity index (χ1n) is 5.13. The highest BCUT2D eigenvalue weighted by molar-refractivity contribution is 5.20. The van der Waals surface area contributed by atoms with Crippen LogP contribution in [0.25, 0.3) is 0 Å². The van der Waals surface area contributed by atoms with Crippen LogP contribution in [0.3, 0.4) is 0 Å². The summed E-state index contributed by atoms with van der Waals surface area (Å²) in [7, 11) is 0. The summed E-state index contributed by atoms with van der Waals surface area (Å²) in [6.07, 6.45) is 4.17. The summed E-state index contributed by atoms with van der Waals surface area (Å²) in [6.45, 7) is 1.06. The molecule has 1 aromatic carbocycles. The van der Waals surface area contributed by atoms with Gasteiger partial charge < -0.3 is 9.84 Å². The third-order valence-corrected chi connectivity index (χ3v) is 2.01. The zero-order valence-corrected chi connectivity index (χ0v) is 8.41. The van der Waals surface area contributed by atoms with Crippen molar-refractivity contribution in [1.29, 1.82) is 0 Å². The highest BCUT2D eigenvalue weighted by Gasteiger charge is 1.92. The van der Waals surface area contributed by atoms with E-state index in [0.717, 1.165) is 38.0 Å². The Morgan fingerprint density at radius 2 is 1.79 bits per heavy atom. The molecule has 0 unspecified atom stereocenters. The van der Waals surface area contributed by atoms with Gasteiger partial charge in [-0.3, -0.25) is 0 Å². The summed E-state index contributed by atoms with van der Waals surface area (Å²) < 4.78 is 5.50. The maximum absolute atomic E-state index is 8.57. The molecule has 1 N–H and O–H groups in total. The van der Waals surface area contributed by atoms with Crippen LogP contribution in [0.2, 0.25) is 0 Å². The smallest absolute Gasteiger partial charge is 0.119 e. The minimum atomic E-state index is 0.301. The van der Waals surface area contributed by atoms with Crippen molar-refractivity contribution >= 4 is 0 Å². The molecule has 1 aromatic rings. The van der Waals surface area contributed by atoms with Crippen LogP contribution in [0.15, 0.2) is 24.3 Å². The average Bonchev–Trinajstić information content (AvgIpc) is 2.25. The van der Waals surface area contributed by atoms with Crippen molar-refractivity contribution in [2.75, 3.05) is 13.2 Å². The molecule has 0 heterocycles. The van der Waals surface area contributed by atoms with Crippen molar-refractivity contribution in [3.63, 3.8) is 0 Å². The zero-order valence-electron chi connectivity index (χ0n) is 8.41. The lowest BCUT2D eigenvalue weighted by Gasteiger charge is -2.04. The first-order chi connectivity index (χ1) is 6.93. The van der Waals surface area contributed by atoms with Gasteiger partial charge >= 0.3 is 0 Å². The van der Waals surface area contributed by atoms with Crippen LogP contribution in [0.5, 0.6) is 5.75 Å². The summed E-state index contributed by atoms with van der Waals surface area (Å²) in [5, 5.41) is 8.57. The van der Waals surface area contributed by atoms with Gasteiger partial charge in [-0.25, -0.2) is 0 Å². The molecule has 0 spiro atoms. The minimum absolute atomic E-state index is 0.301. The van der Waals surface area contributed by atoms with Crippen molar-refractivity contribution in [3.8, 4) is 5.75 Å². The lowest BCUT2D eigenvalue weighted by molar-refractivity contribution is 0.273. The molecule has 0 bridgehead atoms. The summed E-state index contributed by atoms with van der Waals surface area (Å²) in [6, 6.07) is 10.5. The Balaban J connectivity index is 1.99. The van der Waals surface area contributed by atoms with Crippen LogP contribution in [0.1, 0.15) is 25.7 Å². The summed E-state index contributed by atoms with van der Waals surface area (Å²) in [5.41, 5.74) is 0. The molecule has 0 amide bonds. The van der Waals surface area contributed by atoms with E-state index in [2.05, 4.69) is 6.07 Å². The van der Waals surface area contributed by atoms with E-state index in [4.69, 9.17) is 9.84 Å². The van der Waals surface area contributed by atoms with Crippen LogP contribution < -0.4 is 4.74 Å². The van der Waals surface area contributed by atoms with E-state index in [-0.39, 0.29) is 0 Å². The molecule has 14 heavy (non-hydrogen) atoms. The van der Waals surface area contributed by atoms with Crippen molar-refractivity contribution < 1.29 is 9.84 Å². The predicted molar refractivity (Wildman–Crippen MR) is 56.3 cm³/mol. The number of rotatable bonds is 7. The van der Waals surface area contributed by atoms with Gasteiger partial charge in [-0.2, -0.15) is 0 Å². The zero-order chi connectivity index (χ0) is 10.1. The SMILES string of the molecule is OCCCCCCOc1cc[c]cc1. The molecular weight excluding hydrogens is 176 g/mol. The highest BCUT2D eigenvalue weighted by atomic mass is 16.5. The molecule has 1 radical (unpaired) electrons. The Hall–Kier alpha value is -1.02. The molecule has 0 saturated carbocycles. The third kappa shape index (κ3) is 4.87. The van der Waals surface area contributed by atoms with Gasteiger partial charge in [0.1, 0.15) is 5.75 Å². The maximum atomic E-state index is 8.57. The molecule has 0 saturated heterocycles. The number of benzene rings is 1. The fourth-order valence-electron chi connectivity index (χ4n) is 1.23. The molecule has 77 valence electrons. The van der Waals surface area contributed by atoms with E-state index < -0.39 is 0 Å². The van der Waals surface area contributed by atoms with Gasteiger partial charge in [0.05, 0.1) is 6.61 Å². The molecule has 0 aliphatic rings. The van der Waals surface area contributed by atoms with Gasteiger partial charge in [0.15, 0.2) is 0 Å². The normalized spacial score (nSPS) is 10.1. The standard InChI is InChI=1S/C12H17O2/c13-10-6-1-2-7-11-14-12-8-4-3-5-9-12/h4-5,8-9,13H,1-2,6-7,10-11H2. The average molecular weight is 193 g/mol. The molecule has 2 nitrogen and oxygen atoms in total. The Morgan fingerprint density at radius 1 is 1.07 bits per heavy atom. The second kappa shape index (κ2) is 7.39. The second-order valence-corrected chi connectivity index (χ2v) is 3.22. The molecule has 0 aliphatic carbocycles. The largest absolute Gasteiger partial charge is 0.494 e. The summed E-state index contributed by atoms with van der Waals surface area (Å²) in [5.74, 6) is 0.908. The van der Waals surface area contributed by atoms with Gasteiger partial charge in [-0.15, -0.1) is 0 Å². The number of ether oxygens (including phenoxy) is 1. The number of unbranched alkanes of at least 4 members (excludes halogenated alkanes) is 3. The van der Waals surface area contributed by atoms with Gasteiger partial charge in [0.2, 0.25) is 0 Å². The molecule has 2 heteroatoms. The first-order valence-corrected chi connectivity index (χ1v) is 5.13. The van der Waals surface area contributed by atoms with E-state index >= 15 is 0 Å². The fraction of sp³-hybridized carbons (Fsp3) is 0.500. The number of aliphatic hydroxyl groups is 1. The quantitative estimate of drug-likeness (QED) is 0.674. The lowest BCUT2D eigenvalue weighted by Crippen LogP contribution is -1.97. The van der Waals surface area contributed by atoms with Crippen LogP contribution in [0.4, 0.5) is 0 Å². The number of aliphatic hydroxyl groups excluding tert-OH is 1. The summed E-state index contributed by atoms with van der Waals surface area (Å²) >= 11 is 0. The highest BCUT2D eigenvalue weighted by Crippen LogP contribution is 2.09. The van der Waals surface area contributed by atoms with E-state index in [0.29, 0.717) is 6.61 Å². The van der Waals surface area contributed by atoms with E-state index in [1.807, 2.05) is 24.3 Å². The number of hydrogen-bond acceptors (Lipinski definition) is 2. The molecule has 0 aromatic heterocycles.